The summed E-state index contributed by atoms with van der Waals surface area (Å²) in [6.07, 6.45) is -1.47. The highest BCUT2D eigenvalue weighted by Crippen LogP contribution is 2.43. The maximum absolute atomic E-state index is 13.7. The molecule has 4 amide bonds. The molecule has 4 N–H and O–H groups in total. The maximum atomic E-state index is 13.7. The highest BCUT2D eigenvalue weighted by molar-refractivity contribution is 5.97. The summed E-state index contributed by atoms with van der Waals surface area (Å²) < 4.78 is 38.8. The summed E-state index contributed by atoms with van der Waals surface area (Å²) >= 11 is 0. The smallest absolute Gasteiger partial charge is 0.368 e. The molecule has 2 fully saturated rings. The van der Waals surface area contributed by atoms with Crippen LogP contribution in [0.1, 0.15) is 44.8 Å². The number of nitrogens with two attached hydrogens (primary N) is 1. The van der Waals surface area contributed by atoms with Crippen molar-refractivity contribution in [3.05, 3.63) is 36.2 Å². The summed E-state index contributed by atoms with van der Waals surface area (Å²) in [6.45, 7) is 3.17. The van der Waals surface area contributed by atoms with Gasteiger partial charge in [-0.05, 0) is 30.6 Å². The van der Waals surface area contributed by atoms with E-state index < -0.39 is 53.8 Å². The number of nitrogens with zero attached hydrogens (tertiary/aromatic N) is 3. The molecule has 13 heteroatoms. The SMILES string of the molecule is CC(C)C(NC(=O)C(F)(F)F)C(=O)N1C[C@@H]2CCC[C@@H]2[C@H]1C(=O)NC(C(N)=O)c1nncc2ccccc12. The molecule has 0 spiro atoms. The molecule has 1 saturated carbocycles. The van der Waals surface area contributed by atoms with E-state index in [4.69, 9.17) is 5.73 Å². The van der Waals surface area contributed by atoms with Gasteiger partial charge in [-0.3, -0.25) is 19.2 Å². The van der Waals surface area contributed by atoms with Gasteiger partial charge in [0, 0.05) is 17.3 Å². The third-order valence-electron chi connectivity index (χ3n) is 7.36. The summed E-state index contributed by atoms with van der Waals surface area (Å²) in [6, 6.07) is 3.07. The minimum Gasteiger partial charge on any atom is -0.368 e. The summed E-state index contributed by atoms with van der Waals surface area (Å²) in [7, 11) is 0. The Morgan fingerprint density at radius 3 is 2.47 bits per heavy atom. The lowest BCUT2D eigenvalue weighted by Crippen LogP contribution is -2.58. The molecule has 2 aliphatic rings. The highest BCUT2D eigenvalue weighted by atomic mass is 19.4. The second-order valence-electron chi connectivity index (χ2n) is 10.1. The van der Waals surface area contributed by atoms with Crippen LogP contribution in [0.4, 0.5) is 13.2 Å². The first-order valence-electron chi connectivity index (χ1n) is 12.4. The van der Waals surface area contributed by atoms with Crippen LogP contribution in [0.3, 0.4) is 0 Å². The van der Waals surface area contributed by atoms with Crippen LogP contribution in [0.25, 0.3) is 10.8 Å². The van der Waals surface area contributed by atoms with Crippen molar-refractivity contribution in [2.24, 2.45) is 23.5 Å². The van der Waals surface area contributed by atoms with Crippen molar-refractivity contribution >= 4 is 34.4 Å². The molecular formula is C25H29F3N6O4. The van der Waals surface area contributed by atoms with Gasteiger partial charge >= 0.3 is 12.1 Å². The number of fused-ring (bicyclic) bond motifs is 2. The van der Waals surface area contributed by atoms with Crippen molar-refractivity contribution < 1.29 is 32.3 Å². The van der Waals surface area contributed by atoms with Gasteiger partial charge in [-0.1, -0.05) is 44.5 Å². The number of aromatic nitrogens is 2. The second-order valence-corrected chi connectivity index (χ2v) is 10.1. The van der Waals surface area contributed by atoms with E-state index in [1.54, 1.807) is 29.6 Å². The molecule has 0 radical (unpaired) electrons. The fourth-order valence-corrected chi connectivity index (χ4v) is 5.55. The lowest BCUT2D eigenvalue weighted by Gasteiger charge is -2.32. The quantitative estimate of drug-likeness (QED) is 0.492. The van der Waals surface area contributed by atoms with Crippen LogP contribution >= 0.6 is 0 Å². The van der Waals surface area contributed by atoms with Crippen LogP contribution in [-0.4, -0.2) is 63.5 Å². The molecule has 2 unspecified atom stereocenters. The Morgan fingerprint density at radius 2 is 1.82 bits per heavy atom. The molecule has 204 valence electrons. The average molecular weight is 535 g/mol. The Balaban J connectivity index is 1.63. The molecule has 1 aliphatic heterocycles. The predicted molar refractivity (Wildman–Crippen MR) is 129 cm³/mol. The van der Waals surface area contributed by atoms with Crippen LogP contribution in [0, 0.1) is 17.8 Å². The van der Waals surface area contributed by atoms with Gasteiger partial charge in [-0.2, -0.15) is 23.4 Å². The van der Waals surface area contributed by atoms with E-state index in [1.165, 1.54) is 24.9 Å². The molecule has 5 atom stereocenters. The largest absolute Gasteiger partial charge is 0.471 e. The van der Waals surface area contributed by atoms with Gasteiger partial charge in [0.15, 0.2) is 6.04 Å². The maximum Gasteiger partial charge on any atom is 0.471 e. The number of likely N-dealkylation sites (tertiary alicyclic amines) is 1. The van der Waals surface area contributed by atoms with E-state index in [0.29, 0.717) is 17.2 Å². The molecular weight excluding hydrogens is 505 g/mol. The fourth-order valence-electron chi connectivity index (χ4n) is 5.55. The van der Waals surface area contributed by atoms with Gasteiger partial charge < -0.3 is 21.3 Å². The van der Waals surface area contributed by atoms with Crippen molar-refractivity contribution in [3.8, 4) is 0 Å². The van der Waals surface area contributed by atoms with Gasteiger partial charge in [0.25, 0.3) is 0 Å². The first kappa shape index (κ1) is 27.3. The van der Waals surface area contributed by atoms with Gasteiger partial charge in [-0.25, -0.2) is 0 Å². The Morgan fingerprint density at radius 1 is 1.11 bits per heavy atom. The van der Waals surface area contributed by atoms with Gasteiger partial charge in [0.1, 0.15) is 17.8 Å². The van der Waals surface area contributed by atoms with Crippen LogP contribution in [0.5, 0.6) is 0 Å². The minimum absolute atomic E-state index is 0.0368. The third kappa shape index (κ3) is 5.27. The van der Waals surface area contributed by atoms with Gasteiger partial charge in [0.2, 0.25) is 17.7 Å². The zero-order valence-electron chi connectivity index (χ0n) is 20.9. The number of benzene rings is 1. The van der Waals surface area contributed by atoms with E-state index in [0.717, 1.165) is 12.8 Å². The molecule has 2 heterocycles. The molecule has 1 aliphatic carbocycles. The number of nitrogens with one attached hydrogen (secondary N) is 2. The number of halogens is 3. The van der Waals surface area contributed by atoms with Crippen molar-refractivity contribution in [2.45, 2.75) is 57.4 Å². The predicted octanol–water partition coefficient (Wildman–Crippen LogP) is 1.60. The second kappa shape index (κ2) is 10.5. The number of hydrogen-bond acceptors (Lipinski definition) is 6. The van der Waals surface area contributed by atoms with Crippen molar-refractivity contribution in [1.29, 1.82) is 0 Å². The number of rotatable bonds is 7. The van der Waals surface area contributed by atoms with E-state index in [9.17, 15) is 32.3 Å². The van der Waals surface area contributed by atoms with Crippen LogP contribution < -0.4 is 16.4 Å². The van der Waals surface area contributed by atoms with Crippen molar-refractivity contribution in [3.63, 3.8) is 0 Å². The zero-order chi connectivity index (χ0) is 27.8. The standard InChI is InChI=1S/C25H29F3N6O4/c1-12(2)17(32-24(38)25(26,27)28)23(37)34-11-14-7-5-9-16(14)20(34)22(36)31-19(21(29)35)18-15-8-4-3-6-13(15)10-30-33-18/h3-4,6,8,10,12,14,16-17,19-20H,5,7,9,11H2,1-2H3,(H2,29,35)(H,31,36)(H,32,38)/t14-,16-,17?,19?,20-/m0/s1. The van der Waals surface area contributed by atoms with E-state index >= 15 is 0 Å². The van der Waals surface area contributed by atoms with Crippen molar-refractivity contribution in [1.82, 2.24) is 25.7 Å². The summed E-state index contributed by atoms with van der Waals surface area (Å²) in [5.74, 6) is -5.54. The Labute approximate surface area is 216 Å². The Kier molecular flexibility index (Phi) is 7.56. The van der Waals surface area contributed by atoms with Crippen molar-refractivity contribution in [2.75, 3.05) is 6.54 Å². The molecule has 4 rings (SSSR count). The highest BCUT2D eigenvalue weighted by Gasteiger charge is 2.52. The van der Waals surface area contributed by atoms with Gasteiger partial charge in [-0.15, -0.1) is 0 Å². The number of hydrogen-bond donors (Lipinski definition) is 3. The van der Waals surface area contributed by atoms with E-state index in [2.05, 4.69) is 15.5 Å². The molecule has 0 bridgehead atoms. The first-order chi connectivity index (χ1) is 17.9. The summed E-state index contributed by atoms with van der Waals surface area (Å²) in [5.41, 5.74) is 5.77. The number of carbonyl (C=O) groups excluding carboxylic acids is 4. The number of carbonyl (C=O) groups is 4. The van der Waals surface area contributed by atoms with Crippen LogP contribution in [-0.2, 0) is 19.2 Å². The minimum atomic E-state index is -5.17. The zero-order valence-corrected chi connectivity index (χ0v) is 20.9. The average Bonchev–Trinajstić information content (AvgIpc) is 3.45. The van der Waals surface area contributed by atoms with Gasteiger partial charge in [0.05, 0.1) is 6.20 Å². The lowest BCUT2D eigenvalue weighted by molar-refractivity contribution is -0.175. The Bertz CT molecular complexity index is 1250. The Hall–Kier alpha value is -3.77. The summed E-state index contributed by atoms with van der Waals surface area (Å²) in [5, 5.41) is 13.6. The number of primary amides is 1. The monoisotopic (exact) mass is 534 g/mol. The van der Waals surface area contributed by atoms with Crippen LogP contribution in [0.15, 0.2) is 30.5 Å². The molecule has 1 saturated heterocycles. The first-order valence-corrected chi connectivity index (χ1v) is 12.4. The van der Waals surface area contributed by atoms with Crippen LogP contribution in [0.2, 0.25) is 0 Å². The topological polar surface area (TPSA) is 147 Å². The molecule has 38 heavy (non-hydrogen) atoms. The number of amides is 4. The fraction of sp³-hybridized carbons (Fsp3) is 0.520. The molecule has 10 nitrogen and oxygen atoms in total. The number of alkyl halides is 3. The normalized spacial score (nSPS) is 22.7. The molecule has 1 aromatic carbocycles. The third-order valence-corrected chi connectivity index (χ3v) is 7.36. The van der Waals surface area contributed by atoms with E-state index in [-0.39, 0.29) is 24.1 Å². The van der Waals surface area contributed by atoms with E-state index in [1.807, 2.05) is 0 Å². The molecule has 2 aromatic rings. The molecule has 1 aromatic heterocycles. The lowest BCUT2D eigenvalue weighted by atomic mass is 9.92. The summed E-state index contributed by atoms with van der Waals surface area (Å²) in [4.78, 5) is 52.5.